The third kappa shape index (κ3) is 2.23. The first-order valence-corrected chi connectivity index (χ1v) is 5.91. The average molecular weight is 253 g/mol. The Labute approximate surface area is 69.1 Å². The summed E-state index contributed by atoms with van der Waals surface area (Å²) in [7, 11) is 0. The molecule has 2 N–H and O–H groups in total. The van der Waals surface area contributed by atoms with Crippen LogP contribution in [0.25, 0.3) is 0 Å². The van der Waals surface area contributed by atoms with E-state index < -0.39 is 0 Å². The van der Waals surface area contributed by atoms with Gasteiger partial charge in [-0.25, -0.2) is 0 Å². The van der Waals surface area contributed by atoms with Gasteiger partial charge in [-0.2, -0.15) is 0 Å². The van der Waals surface area contributed by atoms with Gasteiger partial charge in [0.1, 0.15) is 0 Å². The summed E-state index contributed by atoms with van der Waals surface area (Å²) in [5.74, 6) is 0. The van der Waals surface area contributed by atoms with Crippen molar-refractivity contribution in [3.05, 3.63) is 21.1 Å². The van der Waals surface area contributed by atoms with Gasteiger partial charge in [0.2, 0.25) is 0 Å². The fourth-order valence-corrected chi connectivity index (χ4v) is 3.43. The molecule has 0 atom stereocenters. The Hall–Kier alpha value is 0.390. The largest absolute Gasteiger partial charge is 0.298 e. The molecule has 0 amide bonds. The standard InChI is InChI=1S/C6H8INS/c1-9-6-4-2-3-5(8)7-6/h2-4H,8H2,1H3. The second-order valence-electron chi connectivity index (χ2n) is 1.51. The fourth-order valence-electron chi connectivity index (χ4n) is 0.493. The van der Waals surface area contributed by atoms with E-state index in [4.69, 9.17) is 5.73 Å². The molecule has 1 aliphatic rings. The molecule has 0 aromatic rings. The summed E-state index contributed by atoms with van der Waals surface area (Å²) >= 11 is 1.83. The van der Waals surface area contributed by atoms with Crippen molar-refractivity contribution in [1.29, 1.82) is 0 Å². The Morgan fingerprint density at radius 3 is 2.89 bits per heavy atom. The third-order valence-corrected chi connectivity index (χ3v) is 5.12. The lowest BCUT2D eigenvalue weighted by molar-refractivity contribution is 1.82. The molecule has 0 spiro atoms. The molecular formula is C6H8INS. The van der Waals surface area contributed by atoms with Crippen molar-refractivity contribution in [3.8, 4) is 0 Å². The van der Waals surface area contributed by atoms with Crippen molar-refractivity contribution in [2.75, 3.05) is 6.26 Å². The Kier molecular flexibility index (Phi) is 2.94. The van der Waals surface area contributed by atoms with Crippen LogP contribution in [0.4, 0.5) is 0 Å². The van der Waals surface area contributed by atoms with Gasteiger partial charge in [-0.1, -0.05) is 26.8 Å². The summed E-state index contributed by atoms with van der Waals surface area (Å²) in [6.45, 7) is 0. The van der Waals surface area contributed by atoms with Crippen LogP contribution in [0.5, 0.6) is 0 Å². The van der Waals surface area contributed by atoms with Gasteiger partial charge in [0, 0.05) is 6.54 Å². The highest BCUT2D eigenvalue weighted by Crippen LogP contribution is 2.28. The lowest BCUT2D eigenvalue weighted by Crippen LogP contribution is -2.04. The van der Waals surface area contributed by atoms with Crippen LogP contribution >= 0.6 is 32.5 Å². The van der Waals surface area contributed by atoms with Gasteiger partial charge in [-0.3, -0.25) is 5.73 Å². The van der Waals surface area contributed by atoms with Crippen molar-refractivity contribution < 1.29 is 0 Å². The van der Waals surface area contributed by atoms with Gasteiger partial charge in [0.05, 0.1) is 0 Å². The highest BCUT2D eigenvalue weighted by molar-refractivity contribution is 14.2. The summed E-state index contributed by atoms with van der Waals surface area (Å²) < 4.78 is 2.52. The molecule has 1 aliphatic heterocycles. The summed E-state index contributed by atoms with van der Waals surface area (Å²) in [4.78, 5) is 0. The van der Waals surface area contributed by atoms with Crippen molar-refractivity contribution in [2.24, 2.45) is 5.73 Å². The van der Waals surface area contributed by atoms with Gasteiger partial charge in [0.25, 0.3) is 0 Å². The number of rotatable bonds is 1. The number of halogens is 1. The van der Waals surface area contributed by atoms with Crippen molar-refractivity contribution in [3.63, 3.8) is 0 Å². The van der Waals surface area contributed by atoms with Gasteiger partial charge in [0.15, 0.2) is 0 Å². The Morgan fingerprint density at radius 2 is 2.44 bits per heavy atom. The normalized spacial score (nSPS) is 18.0. The van der Waals surface area contributed by atoms with Crippen molar-refractivity contribution in [1.82, 2.24) is 0 Å². The van der Waals surface area contributed by atoms with Crippen molar-refractivity contribution in [2.45, 2.75) is 0 Å². The van der Waals surface area contributed by atoms with Crippen LogP contribution in [0, 0.1) is 0 Å². The molecule has 1 heterocycles. The molecule has 0 aromatic heterocycles. The maximum atomic E-state index is 5.63. The number of nitrogens with two attached hydrogens (primary N) is 1. The lowest BCUT2D eigenvalue weighted by atomic mass is 10.5. The molecule has 1 rings (SSSR count). The minimum absolute atomic E-state index is 0.0177. The molecule has 1 nitrogen and oxygen atoms in total. The molecule has 0 unspecified atom stereocenters. The van der Waals surface area contributed by atoms with Gasteiger partial charge < -0.3 is 0 Å². The third-order valence-electron chi connectivity index (χ3n) is 0.880. The number of thioether (sulfide) groups is 1. The second-order valence-corrected chi connectivity index (χ2v) is 6.04. The maximum absolute atomic E-state index is 5.63. The highest BCUT2D eigenvalue weighted by atomic mass is 127. The fraction of sp³-hybridized carbons (Fsp3) is 0.167. The predicted molar refractivity (Wildman–Crippen MR) is 54.0 cm³/mol. The van der Waals surface area contributed by atoms with Crippen LogP contribution in [0.15, 0.2) is 21.1 Å². The van der Waals surface area contributed by atoms with Crippen molar-refractivity contribution >= 4 is 36.1 Å². The van der Waals surface area contributed by atoms with Crippen LogP contribution in [0.2, 0.25) is 0 Å². The van der Waals surface area contributed by atoms with E-state index in [1.807, 2.05) is 23.9 Å². The number of allylic oxidation sites excluding steroid dienone is 2. The molecule has 0 bridgehead atoms. The molecule has 3 heteroatoms. The Balaban J connectivity index is 2.78. The minimum Gasteiger partial charge on any atom is -0.298 e. The first-order chi connectivity index (χ1) is 4.33. The quantitative estimate of drug-likeness (QED) is 0.721. The molecule has 0 saturated heterocycles. The van der Waals surface area contributed by atoms with E-state index in [-0.39, 0.29) is 20.7 Å². The Bertz CT molecular complexity index is 193. The van der Waals surface area contributed by atoms with E-state index in [0.29, 0.717) is 0 Å². The zero-order valence-electron chi connectivity index (χ0n) is 5.10. The van der Waals surface area contributed by atoms with Crippen LogP contribution < -0.4 is 5.73 Å². The molecule has 50 valence electrons. The monoisotopic (exact) mass is 253 g/mol. The molecule has 0 saturated carbocycles. The van der Waals surface area contributed by atoms with E-state index in [2.05, 4.69) is 12.3 Å². The van der Waals surface area contributed by atoms with Crippen LogP contribution in [-0.2, 0) is 0 Å². The molecule has 9 heavy (non-hydrogen) atoms. The van der Waals surface area contributed by atoms with Crippen LogP contribution in [0.1, 0.15) is 0 Å². The van der Waals surface area contributed by atoms with Gasteiger partial charge >= 0.3 is 0 Å². The first kappa shape index (κ1) is 7.50. The van der Waals surface area contributed by atoms with Crippen LogP contribution in [0.3, 0.4) is 0 Å². The average Bonchev–Trinajstić information content (AvgIpc) is 1.88. The SMILES string of the molecule is CSC1=CC=CC(N)=I1. The number of hydrogen-bond donors (Lipinski definition) is 1. The summed E-state index contributed by atoms with van der Waals surface area (Å²) in [5, 5.41) is 0. The van der Waals surface area contributed by atoms with E-state index in [0.717, 1.165) is 3.63 Å². The highest BCUT2D eigenvalue weighted by Gasteiger charge is 1.93. The van der Waals surface area contributed by atoms with Gasteiger partial charge in [-0.05, 0) is 18.4 Å². The number of hydrogen-bond acceptors (Lipinski definition) is 2. The summed E-state index contributed by atoms with van der Waals surface area (Å²) in [6.07, 6.45) is 8.25. The van der Waals surface area contributed by atoms with Gasteiger partial charge in [-0.15, -0.1) is 11.8 Å². The van der Waals surface area contributed by atoms with E-state index >= 15 is 0 Å². The smallest absolute Gasteiger partial charge is 0.0465 e. The molecular weight excluding hydrogens is 245 g/mol. The predicted octanol–water partition coefficient (Wildman–Crippen LogP) is 1.82. The van der Waals surface area contributed by atoms with E-state index in [1.165, 1.54) is 2.91 Å². The molecule has 0 aromatic carbocycles. The zero-order valence-corrected chi connectivity index (χ0v) is 8.07. The molecule has 0 aliphatic carbocycles. The summed E-state index contributed by atoms with van der Waals surface area (Å²) in [5.41, 5.74) is 5.63. The minimum atomic E-state index is 0.0177. The maximum Gasteiger partial charge on any atom is 0.0465 e. The summed E-state index contributed by atoms with van der Waals surface area (Å²) in [6, 6.07) is 0. The topological polar surface area (TPSA) is 26.0 Å². The lowest BCUT2D eigenvalue weighted by Gasteiger charge is -1.99. The first-order valence-electron chi connectivity index (χ1n) is 2.52. The zero-order chi connectivity index (χ0) is 6.69. The second kappa shape index (κ2) is 3.53. The van der Waals surface area contributed by atoms with Crippen LogP contribution in [-0.4, -0.2) is 9.89 Å². The molecule has 0 radical (unpaired) electrons. The van der Waals surface area contributed by atoms with E-state index in [1.54, 1.807) is 0 Å². The Morgan fingerprint density at radius 1 is 1.67 bits per heavy atom. The molecule has 0 fully saturated rings. The van der Waals surface area contributed by atoms with E-state index in [9.17, 15) is 0 Å².